The predicted molar refractivity (Wildman–Crippen MR) is 110 cm³/mol. The minimum absolute atomic E-state index is 0.0619. The highest BCUT2D eigenvalue weighted by Gasteiger charge is 2.28. The number of para-hydroxylation sites is 1. The molecule has 1 fully saturated rings. The van der Waals surface area contributed by atoms with E-state index in [2.05, 4.69) is 27.3 Å². The Morgan fingerprint density at radius 2 is 1.62 bits per heavy atom. The van der Waals surface area contributed by atoms with Crippen LogP contribution in [0.5, 0.6) is 0 Å². The van der Waals surface area contributed by atoms with Crippen molar-refractivity contribution >= 4 is 5.91 Å². The van der Waals surface area contributed by atoms with Gasteiger partial charge in [-0.25, -0.2) is 0 Å². The van der Waals surface area contributed by atoms with E-state index in [1.807, 2.05) is 65.6 Å². The lowest BCUT2D eigenvalue weighted by Gasteiger charge is -2.36. The van der Waals surface area contributed by atoms with Crippen LogP contribution in [0.15, 0.2) is 60.7 Å². The molecule has 3 aromatic rings. The van der Waals surface area contributed by atoms with Crippen LogP contribution < -0.4 is 0 Å². The van der Waals surface area contributed by atoms with Crippen LogP contribution >= 0.6 is 0 Å². The summed E-state index contributed by atoms with van der Waals surface area (Å²) in [7, 11) is 0. The second-order valence-electron chi connectivity index (χ2n) is 7.32. The van der Waals surface area contributed by atoms with E-state index >= 15 is 0 Å². The van der Waals surface area contributed by atoms with Gasteiger partial charge < -0.3 is 4.90 Å². The molecule has 1 atom stereocenters. The van der Waals surface area contributed by atoms with Gasteiger partial charge in [-0.3, -0.25) is 9.69 Å². The number of benzene rings is 2. The van der Waals surface area contributed by atoms with Crippen LogP contribution in [0, 0.1) is 0 Å². The molecule has 29 heavy (non-hydrogen) atoms. The van der Waals surface area contributed by atoms with Crippen molar-refractivity contribution in [2.75, 3.05) is 26.2 Å². The minimum Gasteiger partial charge on any atom is -0.340 e. The molecule has 1 amide bonds. The average molecular weight is 390 g/mol. The third-order valence-corrected chi connectivity index (χ3v) is 5.49. The maximum Gasteiger partial charge on any atom is 0.230 e. The monoisotopic (exact) mass is 390 g/mol. The van der Waals surface area contributed by atoms with Crippen molar-refractivity contribution in [1.29, 1.82) is 0 Å². The van der Waals surface area contributed by atoms with Crippen molar-refractivity contribution in [1.82, 2.24) is 30.0 Å². The lowest BCUT2D eigenvalue weighted by Crippen LogP contribution is -2.49. The lowest BCUT2D eigenvalue weighted by molar-refractivity contribution is -0.134. The standard InChI is InChI=1S/C22H26N6O/c1-2-20(18-9-5-3-6-10-18)22(29)27-15-13-26(14-16-27)17-21-23-24-25-28(21)19-11-7-4-8-12-19/h3-12,20H,2,13-17H2,1H3. The van der Waals surface area contributed by atoms with Gasteiger partial charge in [-0.05, 0) is 34.5 Å². The molecule has 2 aromatic carbocycles. The van der Waals surface area contributed by atoms with Gasteiger partial charge >= 0.3 is 0 Å². The SMILES string of the molecule is CCC(C(=O)N1CCN(Cc2nnnn2-c2ccccc2)CC1)c1ccccc1. The van der Waals surface area contributed by atoms with Crippen LogP contribution in [0.2, 0.25) is 0 Å². The Hall–Kier alpha value is -3.06. The number of carbonyl (C=O) groups is 1. The Balaban J connectivity index is 1.37. The summed E-state index contributed by atoms with van der Waals surface area (Å²) in [6.45, 7) is 5.84. The van der Waals surface area contributed by atoms with E-state index in [0.29, 0.717) is 6.54 Å². The van der Waals surface area contributed by atoms with Crippen molar-refractivity contribution in [3.05, 3.63) is 72.1 Å². The smallest absolute Gasteiger partial charge is 0.230 e. The number of hydrogen-bond donors (Lipinski definition) is 0. The highest BCUT2D eigenvalue weighted by Crippen LogP contribution is 2.23. The molecule has 1 aliphatic heterocycles. The van der Waals surface area contributed by atoms with Gasteiger partial charge in [-0.15, -0.1) is 5.10 Å². The summed E-state index contributed by atoms with van der Waals surface area (Å²) in [6, 6.07) is 20.0. The van der Waals surface area contributed by atoms with Crippen LogP contribution in [0.25, 0.3) is 5.69 Å². The maximum atomic E-state index is 13.1. The molecular formula is C22H26N6O. The van der Waals surface area contributed by atoms with Crippen LogP contribution in [0.4, 0.5) is 0 Å². The maximum absolute atomic E-state index is 13.1. The fourth-order valence-electron chi connectivity index (χ4n) is 3.86. The molecule has 1 aliphatic rings. The molecule has 0 N–H and O–H groups in total. The van der Waals surface area contributed by atoms with Crippen LogP contribution in [-0.4, -0.2) is 62.1 Å². The fourth-order valence-corrected chi connectivity index (χ4v) is 3.86. The summed E-state index contributed by atoms with van der Waals surface area (Å²) in [5.41, 5.74) is 2.06. The molecule has 0 bridgehead atoms. The Bertz CT molecular complexity index is 919. The number of hydrogen-bond acceptors (Lipinski definition) is 5. The average Bonchev–Trinajstić information content (AvgIpc) is 3.24. The highest BCUT2D eigenvalue weighted by molar-refractivity contribution is 5.83. The molecule has 7 nitrogen and oxygen atoms in total. The molecule has 1 unspecified atom stereocenters. The van der Waals surface area contributed by atoms with E-state index in [9.17, 15) is 4.79 Å². The third-order valence-electron chi connectivity index (χ3n) is 5.49. The molecule has 1 saturated heterocycles. The van der Waals surface area contributed by atoms with Crippen molar-refractivity contribution < 1.29 is 4.79 Å². The molecule has 0 saturated carbocycles. The zero-order valence-corrected chi connectivity index (χ0v) is 16.7. The quantitative estimate of drug-likeness (QED) is 0.647. The van der Waals surface area contributed by atoms with Gasteiger partial charge in [0.1, 0.15) is 0 Å². The first-order valence-electron chi connectivity index (χ1n) is 10.1. The van der Waals surface area contributed by atoms with Gasteiger partial charge in [-0.2, -0.15) is 4.68 Å². The van der Waals surface area contributed by atoms with Crippen LogP contribution in [-0.2, 0) is 11.3 Å². The first kappa shape index (κ1) is 19.3. The second kappa shape index (κ2) is 8.96. The Kier molecular flexibility index (Phi) is 5.95. The minimum atomic E-state index is -0.0619. The number of tetrazole rings is 1. The van der Waals surface area contributed by atoms with Crippen molar-refractivity contribution in [3.8, 4) is 5.69 Å². The number of rotatable bonds is 6. The fraction of sp³-hybridized carbons (Fsp3) is 0.364. The van der Waals surface area contributed by atoms with Crippen molar-refractivity contribution in [2.24, 2.45) is 0 Å². The Morgan fingerprint density at radius 1 is 0.966 bits per heavy atom. The number of carbonyl (C=O) groups excluding carboxylic acids is 1. The highest BCUT2D eigenvalue weighted by atomic mass is 16.2. The van der Waals surface area contributed by atoms with Gasteiger partial charge in [0.15, 0.2) is 5.82 Å². The molecule has 2 heterocycles. The largest absolute Gasteiger partial charge is 0.340 e. The van der Waals surface area contributed by atoms with Crippen LogP contribution in [0.1, 0.15) is 30.7 Å². The summed E-state index contributed by atoms with van der Waals surface area (Å²) in [4.78, 5) is 17.4. The van der Waals surface area contributed by atoms with Crippen LogP contribution in [0.3, 0.4) is 0 Å². The third kappa shape index (κ3) is 4.35. The number of amides is 1. The molecule has 0 spiro atoms. The summed E-state index contributed by atoms with van der Waals surface area (Å²) in [5.74, 6) is 0.979. The molecule has 0 aliphatic carbocycles. The summed E-state index contributed by atoms with van der Waals surface area (Å²) in [6.07, 6.45) is 0.814. The van der Waals surface area contributed by atoms with Gasteiger partial charge in [0, 0.05) is 26.2 Å². The first-order valence-corrected chi connectivity index (χ1v) is 10.1. The summed E-state index contributed by atoms with van der Waals surface area (Å²) < 4.78 is 1.78. The van der Waals surface area contributed by atoms with E-state index in [1.54, 1.807) is 4.68 Å². The van der Waals surface area contributed by atoms with E-state index in [-0.39, 0.29) is 11.8 Å². The van der Waals surface area contributed by atoms with Gasteiger partial charge in [0.25, 0.3) is 0 Å². The zero-order chi connectivity index (χ0) is 20.1. The van der Waals surface area contributed by atoms with Crippen molar-refractivity contribution in [2.45, 2.75) is 25.8 Å². The zero-order valence-electron chi connectivity index (χ0n) is 16.7. The second-order valence-corrected chi connectivity index (χ2v) is 7.32. The van der Waals surface area contributed by atoms with E-state index in [4.69, 9.17) is 0 Å². The normalized spacial score (nSPS) is 16.0. The van der Waals surface area contributed by atoms with Gasteiger partial charge in [0.2, 0.25) is 5.91 Å². The number of aromatic nitrogens is 4. The van der Waals surface area contributed by atoms with Crippen molar-refractivity contribution in [3.63, 3.8) is 0 Å². The topological polar surface area (TPSA) is 67.2 Å². The molecule has 4 rings (SSSR count). The summed E-state index contributed by atoms with van der Waals surface area (Å²) >= 11 is 0. The molecule has 150 valence electrons. The molecule has 0 radical (unpaired) electrons. The Morgan fingerprint density at radius 3 is 2.28 bits per heavy atom. The first-order chi connectivity index (χ1) is 14.3. The van der Waals surface area contributed by atoms with E-state index < -0.39 is 0 Å². The van der Waals surface area contributed by atoms with E-state index in [1.165, 1.54) is 0 Å². The molecular weight excluding hydrogens is 364 g/mol. The Labute approximate surface area is 170 Å². The number of piperazine rings is 1. The molecule has 7 heteroatoms. The number of nitrogens with zero attached hydrogens (tertiary/aromatic N) is 6. The van der Waals surface area contributed by atoms with E-state index in [0.717, 1.165) is 49.7 Å². The van der Waals surface area contributed by atoms with Gasteiger partial charge in [0.05, 0.1) is 18.2 Å². The lowest BCUT2D eigenvalue weighted by atomic mass is 9.95. The predicted octanol–water partition coefficient (Wildman–Crippen LogP) is 2.50. The van der Waals surface area contributed by atoms with Gasteiger partial charge in [-0.1, -0.05) is 55.5 Å². The summed E-state index contributed by atoms with van der Waals surface area (Å²) in [5, 5.41) is 12.2. The molecule has 1 aromatic heterocycles.